The number of rotatable bonds is 2. The number of hydrogen-bond acceptors (Lipinski definition) is 5. The Hall–Kier alpha value is -2.21. The van der Waals surface area contributed by atoms with Gasteiger partial charge in [-0.1, -0.05) is 30.4 Å². The second-order valence-electron chi connectivity index (χ2n) is 4.55. The van der Waals surface area contributed by atoms with E-state index in [1.165, 1.54) is 0 Å². The summed E-state index contributed by atoms with van der Waals surface area (Å²) in [5.41, 5.74) is 1.78. The van der Waals surface area contributed by atoms with Gasteiger partial charge in [0, 0.05) is 30.2 Å². The van der Waals surface area contributed by atoms with Crippen molar-refractivity contribution in [2.24, 2.45) is 0 Å². The van der Waals surface area contributed by atoms with Gasteiger partial charge in [-0.05, 0) is 12.1 Å². The lowest BCUT2D eigenvalue weighted by Gasteiger charge is -2.26. The topological polar surface area (TPSA) is 63.2 Å². The van der Waals surface area contributed by atoms with Crippen molar-refractivity contribution >= 4 is 27.4 Å². The fraction of sp³-hybridized carbons (Fsp3) is 0.143. The summed E-state index contributed by atoms with van der Waals surface area (Å²) in [5, 5.41) is -0.146. The van der Waals surface area contributed by atoms with Gasteiger partial charge in [0.2, 0.25) is 15.0 Å². The minimum atomic E-state index is -3.41. The zero-order valence-electron chi connectivity index (χ0n) is 10.9. The molecular weight excluding hydrogens is 274 g/mol. The molecule has 1 aromatic carbocycles. The summed E-state index contributed by atoms with van der Waals surface area (Å²) < 4.78 is 23.2. The number of anilines is 2. The van der Waals surface area contributed by atoms with Gasteiger partial charge >= 0.3 is 0 Å². The molecule has 1 aliphatic heterocycles. The van der Waals surface area contributed by atoms with Gasteiger partial charge in [-0.3, -0.25) is 0 Å². The van der Waals surface area contributed by atoms with Crippen LogP contribution in [0.15, 0.2) is 47.8 Å². The molecule has 2 aromatic rings. The predicted molar refractivity (Wildman–Crippen MR) is 77.6 cm³/mol. The smallest absolute Gasteiger partial charge is 0.248 e. The molecule has 0 atom stereocenters. The first-order valence-corrected chi connectivity index (χ1v) is 8.01. The zero-order chi connectivity index (χ0) is 14.2. The number of nitrogens with zero attached hydrogens (tertiary/aromatic N) is 3. The van der Waals surface area contributed by atoms with Crippen molar-refractivity contribution in [3.63, 3.8) is 0 Å². The van der Waals surface area contributed by atoms with Gasteiger partial charge in [0.05, 0.1) is 0 Å². The molecular formula is C14H13N3O2S. The maximum absolute atomic E-state index is 11.6. The number of benzene rings is 1. The third-order valence-electron chi connectivity index (χ3n) is 3.01. The van der Waals surface area contributed by atoms with Crippen LogP contribution in [0.2, 0.25) is 0 Å². The standard InChI is InChI=1S/C14H13N3O2S/c1-20(18,19)14-15-10-11-6-5-9-17(13(11)16-14)12-7-3-2-4-8-12/h2-8,10H,9H2,1H3. The highest BCUT2D eigenvalue weighted by atomic mass is 32.2. The maximum Gasteiger partial charge on any atom is 0.248 e. The van der Waals surface area contributed by atoms with Crippen molar-refractivity contribution in [1.29, 1.82) is 0 Å². The van der Waals surface area contributed by atoms with Crippen LogP contribution in [0.5, 0.6) is 0 Å². The van der Waals surface area contributed by atoms with Crippen molar-refractivity contribution in [2.45, 2.75) is 5.16 Å². The summed E-state index contributed by atoms with van der Waals surface area (Å²) in [6.07, 6.45) is 6.56. The minimum Gasteiger partial charge on any atom is -0.322 e. The van der Waals surface area contributed by atoms with Crippen LogP contribution < -0.4 is 4.90 Å². The molecule has 1 aliphatic rings. The maximum atomic E-state index is 11.6. The van der Waals surface area contributed by atoms with Gasteiger partial charge in [-0.25, -0.2) is 13.4 Å². The molecule has 0 radical (unpaired) electrons. The number of aromatic nitrogens is 2. The second-order valence-corrected chi connectivity index (χ2v) is 6.46. The van der Waals surface area contributed by atoms with Gasteiger partial charge in [0.25, 0.3) is 0 Å². The lowest BCUT2D eigenvalue weighted by atomic mass is 10.1. The molecule has 0 spiro atoms. The summed E-state index contributed by atoms with van der Waals surface area (Å²) in [7, 11) is -3.41. The van der Waals surface area contributed by atoms with E-state index in [9.17, 15) is 8.42 Å². The van der Waals surface area contributed by atoms with Crippen molar-refractivity contribution in [3.05, 3.63) is 48.2 Å². The van der Waals surface area contributed by atoms with E-state index >= 15 is 0 Å². The fourth-order valence-electron chi connectivity index (χ4n) is 2.09. The Morgan fingerprint density at radius 1 is 1.20 bits per heavy atom. The van der Waals surface area contributed by atoms with E-state index in [-0.39, 0.29) is 5.16 Å². The second kappa shape index (κ2) is 4.72. The number of fused-ring (bicyclic) bond motifs is 1. The van der Waals surface area contributed by atoms with E-state index in [1.807, 2.05) is 47.4 Å². The van der Waals surface area contributed by atoms with Crippen LogP contribution in [0.4, 0.5) is 11.5 Å². The number of sulfone groups is 1. The van der Waals surface area contributed by atoms with Crippen molar-refractivity contribution < 1.29 is 8.42 Å². The molecule has 3 rings (SSSR count). The summed E-state index contributed by atoms with van der Waals surface area (Å²) >= 11 is 0. The third-order valence-corrected chi connectivity index (χ3v) is 3.87. The minimum absolute atomic E-state index is 0.146. The van der Waals surface area contributed by atoms with E-state index < -0.39 is 9.84 Å². The Bertz CT molecular complexity index is 770. The predicted octanol–water partition coefficient (Wildman–Crippen LogP) is 2.04. The molecule has 1 aromatic heterocycles. The Labute approximate surface area is 117 Å². The van der Waals surface area contributed by atoms with Crippen LogP contribution in [0.1, 0.15) is 5.56 Å². The molecule has 5 nitrogen and oxygen atoms in total. The van der Waals surface area contributed by atoms with E-state index in [0.29, 0.717) is 12.4 Å². The van der Waals surface area contributed by atoms with Crippen LogP contribution in [0, 0.1) is 0 Å². The Kier molecular flexibility index (Phi) is 3.02. The van der Waals surface area contributed by atoms with Crippen LogP contribution >= 0.6 is 0 Å². The molecule has 0 saturated carbocycles. The van der Waals surface area contributed by atoms with E-state index in [1.54, 1.807) is 6.20 Å². The molecule has 0 amide bonds. The molecule has 0 fully saturated rings. The van der Waals surface area contributed by atoms with Crippen LogP contribution in [0.3, 0.4) is 0 Å². The lowest BCUT2D eigenvalue weighted by molar-refractivity contribution is 0.592. The van der Waals surface area contributed by atoms with Gasteiger partial charge in [-0.2, -0.15) is 4.98 Å². The monoisotopic (exact) mass is 287 g/mol. The molecule has 2 heterocycles. The van der Waals surface area contributed by atoms with E-state index in [0.717, 1.165) is 17.5 Å². The average molecular weight is 287 g/mol. The van der Waals surface area contributed by atoms with Gasteiger partial charge < -0.3 is 4.90 Å². The Morgan fingerprint density at radius 2 is 1.95 bits per heavy atom. The summed E-state index contributed by atoms with van der Waals surface area (Å²) in [6.45, 7) is 0.650. The van der Waals surface area contributed by atoms with Crippen LogP contribution in [0.25, 0.3) is 6.08 Å². The zero-order valence-corrected chi connectivity index (χ0v) is 11.7. The van der Waals surface area contributed by atoms with Crippen LogP contribution in [-0.2, 0) is 9.84 Å². The first kappa shape index (κ1) is 12.8. The quantitative estimate of drug-likeness (QED) is 0.791. The average Bonchev–Trinajstić information content (AvgIpc) is 2.46. The number of hydrogen-bond donors (Lipinski definition) is 0. The molecule has 6 heteroatoms. The highest BCUT2D eigenvalue weighted by molar-refractivity contribution is 7.90. The third kappa shape index (κ3) is 2.30. The number of para-hydroxylation sites is 1. The van der Waals surface area contributed by atoms with E-state index in [2.05, 4.69) is 9.97 Å². The Balaban J connectivity index is 2.14. The fourth-order valence-corrected chi connectivity index (χ4v) is 2.58. The highest BCUT2D eigenvalue weighted by Crippen LogP contribution is 2.30. The molecule has 20 heavy (non-hydrogen) atoms. The normalized spacial score (nSPS) is 14.2. The van der Waals surface area contributed by atoms with Crippen molar-refractivity contribution in [3.8, 4) is 0 Å². The van der Waals surface area contributed by atoms with Crippen molar-refractivity contribution in [2.75, 3.05) is 17.7 Å². The summed E-state index contributed by atoms with van der Waals surface area (Å²) in [6, 6.07) is 9.74. The molecule has 0 N–H and O–H groups in total. The van der Waals surface area contributed by atoms with Gasteiger partial charge in [0.15, 0.2) is 0 Å². The lowest BCUT2D eigenvalue weighted by Crippen LogP contribution is -2.23. The van der Waals surface area contributed by atoms with Crippen LogP contribution in [-0.4, -0.2) is 31.2 Å². The van der Waals surface area contributed by atoms with E-state index in [4.69, 9.17) is 0 Å². The Morgan fingerprint density at radius 3 is 2.65 bits per heavy atom. The largest absolute Gasteiger partial charge is 0.322 e. The first-order valence-electron chi connectivity index (χ1n) is 6.12. The first-order chi connectivity index (χ1) is 9.55. The van der Waals surface area contributed by atoms with Gasteiger partial charge in [0.1, 0.15) is 5.82 Å². The molecule has 0 saturated heterocycles. The highest BCUT2D eigenvalue weighted by Gasteiger charge is 2.20. The molecule has 0 unspecified atom stereocenters. The van der Waals surface area contributed by atoms with Gasteiger partial charge in [-0.15, -0.1) is 0 Å². The molecule has 0 bridgehead atoms. The summed E-state index contributed by atoms with van der Waals surface area (Å²) in [5.74, 6) is 0.620. The molecule has 0 aliphatic carbocycles. The van der Waals surface area contributed by atoms with Crippen molar-refractivity contribution in [1.82, 2.24) is 9.97 Å². The summed E-state index contributed by atoms with van der Waals surface area (Å²) in [4.78, 5) is 10.1. The molecule has 102 valence electrons. The SMILES string of the molecule is CS(=O)(=O)c1ncc2c(n1)N(c1ccccc1)CC=C2.